The van der Waals surface area contributed by atoms with Crippen molar-refractivity contribution < 1.29 is 33.1 Å². The van der Waals surface area contributed by atoms with Crippen molar-refractivity contribution >= 4 is 11.9 Å². The van der Waals surface area contributed by atoms with Gasteiger partial charge >= 0.3 is 11.9 Å². The summed E-state index contributed by atoms with van der Waals surface area (Å²) in [5.41, 5.74) is 0.810. The van der Waals surface area contributed by atoms with Gasteiger partial charge in [-0.15, -0.1) is 0 Å². The molecule has 1 fully saturated rings. The van der Waals surface area contributed by atoms with Crippen LogP contribution in [0.2, 0.25) is 0 Å². The predicted molar refractivity (Wildman–Crippen MR) is 108 cm³/mol. The van der Waals surface area contributed by atoms with E-state index in [0.717, 1.165) is 24.7 Å². The highest BCUT2D eigenvalue weighted by Gasteiger charge is 2.34. The van der Waals surface area contributed by atoms with Crippen molar-refractivity contribution in [3.63, 3.8) is 0 Å². The summed E-state index contributed by atoms with van der Waals surface area (Å²) in [6.07, 6.45) is 3.08. The van der Waals surface area contributed by atoms with Crippen LogP contribution < -0.4 is 9.47 Å². The number of rotatable bonds is 8. The minimum atomic E-state index is -0.867. The largest absolute Gasteiger partial charge is 0.497 e. The molecule has 7 nitrogen and oxygen atoms in total. The first-order valence-electron chi connectivity index (χ1n) is 9.78. The normalized spacial score (nSPS) is 14.1. The molecule has 1 aromatic heterocycles. The molecule has 0 bridgehead atoms. The van der Waals surface area contributed by atoms with Gasteiger partial charge in [-0.25, -0.2) is 9.18 Å². The number of benzene rings is 2. The molecule has 1 atom stereocenters. The third-order valence-corrected chi connectivity index (χ3v) is 5.30. The summed E-state index contributed by atoms with van der Waals surface area (Å²) in [4.78, 5) is 24.0. The van der Waals surface area contributed by atoms with Gasteiger partial charge in [0.2, 0.25) is 0 Å². The van der Waals surface area contributed by atoms with E-state index >= 15 is 0 Å². The lowest BCUT2D eigenvalue weighted by Gasteiger charge is -2.15. The van der Waals surface area contributed by atoms with Crippen LogP contribution >= 0.6 is 0 Å². The van der Waals surface area contributed by atoms with E-state index in [1.165, 1.54) is 25.3 Å². The highest BCUT2D eigenvalue weighted by atomic mass is 19.1. The zero-order chi connectivity index (χ0) is 22.0. The maximum Gasteiger partial charge on any atom is 0.349 e. The number of esters is 1. The van der Waals surface area contributed by atoms with Gasteiger partial charge in [-0.2, -0.15) is 0 Å². The minimum absolute atomic E-state index is 0.000659. The van der Waals surface area contributed by atoms with Gasteiger partial charge in [0.1, 0.15) is 34.8 Å². The summed E-state index contributed by atoms with van der Waals surface area (Å²) in [5.74, 6) is -1.37. The second-order valence-electron chi connectivity index (χ2n) is 7.43. The van der Waals surface area contributed by atoms with Gasteiger partial charge in [0.05, 0.1) is 13.5 Å². The first-order valence-corrected chi connectivity index (χ1v) is 9.78. The van der Waals surface area contributed by atoms with Gasteiger partial charge < -0.3 is 19.1 Å². The number of aromatic nitrogens is 1. The Morgan fingerprint density at radius 3 is 2.74 bits per heavy atom. The molecule has 1 N–H and O–H groups in total. The average molecular weight is 425 g/mol. The molecule has 1 aliphatic carbocycles. The van der Waals surface area contributed by atoms with E-state index in [1.54, 1.807) is 18.2 Å². The molecule has 0 spiro atoms. The average Bonchev–Trinajstić information content (AvgIpc) is 3.48. The van der Waals surface area contributed by atoms with E-state index in [9.17, 15) is 19.1 Å². The number of nitrogens with zero attached hydrogens (tertiary/aromatic N) is 1. The fourth-order valence-electron chi connectivity index (χ4n) is 3.60. The summed E-state index contributed by atoms with van der Waals surface area (Å²) in [6.45, 7) is 0. The molecule has 8 heteroatoms. The second kappa shape index (κ2) is 8.59. The summed E-state index contributed by atoms with van der Waals surface area (Å²) in [7, 11) is 1.45. The number of carbonyl (C=O) groups excluding carboxylic acids is 1. The van der Waals surface area contributed by atoms with Crippen LogP contribution in [-0.4, -0.2) is 29.3 Å². The fourth-order valence-corrected chi connectivity index (χ4v) is 3.60. The first kappa shape index (κ1) is 20.6. The zero-order valence-electron chi connectivity index (χ0n) is 16.7. The number of carbonyl (C=O) groups is 2. The van der Waals surface area contributed by atoms with E-state index in [2.05, 4.69) is 5.16 Å². The molecule has 0 unspecified atom stereocenters. The summed E-state index contributed by atoms with van der Waals surface area (Å²) < 4.78 is 29.8. The molecule has 3 aromatic rings. The maximum absolute atomic E-state index is 14.3. The number of carboxylic acid groups (broad SMARTS) is 1. The van der Waals surface area contributed by atoms with E-state index in [4.69, 9.17) is 14.0 Å². The van der Waals surface area contributed by atoms with Gasteiger partial charge in [0, 0.05) is 5.56 Å². The third-order valence-electron chi connectivity index (χ3n) is 5.30. The summed E-state index contributed by atoms with van der Waals surface area (Å²) in [5, 5.41) is 13.0. The van der Waals surface area contributed by atoms with Crippen LogP contribution in [0.25, 0.3) is 11.3 Å². The lowest BCUT2D eigenvalue weighted by atomic mass is 9.91. The van der Waals surface area contributed by atoms with Crippen molar-refractivity contribution in [2.24, 2.45) is 5.92 Å². The van der Waals surface area contributed by atoms with Gasteiger partial charge in [-0.1, -0.05) is 17.3 Å². The standard InChI is InChI=1S/C23H20FNO6/c1-29-15-7-8-20(24)18(10-15)22-19(12-30-25-22)23(28)31-16-4-2-3-14(9-16)17(11-21(26)27)13-5-6-13/h2-4,7-10,12-13,17H,5-6,11H2,1H3,(H,26,27)/t17-/m0/s1. The molecule has 1 aliphatic rings. The molecular weight excluding hydrogens is 405 g/mol. The van der Waals surface area contributed by atoms with Crippen molar-refractivity contribution in [2.45, 2.75) is 25.2 Å². The van der Waals surface area contributed by atoms with Gasteiger partial charge in [0.15, 0.2) is 0 Å². The molecule has 1 heterocycles. The monoisotopic (exact) mass is 425 g/mol. The van der Waals surface area contributed by atoms with Crippen LogP contribution in [0.3, 0.4) is 0 Å². The molecule has 0 amide bonds. The van der Waals surface area contributed by atoms with E-state index in [1.807, 2.05) is 6.07 Å². The van der Waals surface area contributed by atoms with Gasteiger partial charge in [-0.05, 0) is 60.6 Å². The van der Waals surface area contributed by atoms with Crippen LogP contribution in [0.4, 0.5) is 4.39 Å². The Kier molecular flexibility index (Phi) is 5.70. The SMILES string of the molecule is COc1ccc(F)c(-c2nocc2C(=O)Oc2cccc([C@@H](CC(=O)O)C3CC3)c2)c1. The highest BCUT2D eigenvalue weighted by Crippen LogP contribution is 2.45. The lowest BCUT2D eigenvalue weighted by Crippen LogP contribution is -2.11. The Morgan fingerprint density at radius 1 is 1.23 bits per heavy atom. The Balaban J connectivity index is 1.58. The summed E-state index contributed by atoms with van der Waals surface area (Å²) in [6, 6.07) is 10.9. The zero-order valence-corrected chi connectivity index (χ0v) is 16.7. The fraction of sp³-hybridized carbons (Fsp3) is 0.261. The highest BCUT2D eigenvalue weighted by molar-refractivity contribution is 5.97. The van der Waals surface area contributed by atoms with Crippen LogP contribution in [-0.2, 0) is 4.79 Å². The van der Waals surface area contributed by atoms with Crippen LogP contribution in [0.5, 0.6) is 11.5 Å². The molecule has 0 aliphatic heterocycles. The molecule has 31 heavy (non-hydrogen) atoms. The molecule has 1 saturated carbocycles. The predicted octanol–water partition coefficient (Wildman–Crippen LogP) is 4.68. The Labute approximate surface area is 177 Å². The number of aliphatic carboxylic acids is 1. The molecule has 2 aromatic carbocycles. The molecule has 4 rings (SSSR count). The van der Waals surface area contributed by atoms with Crippen LogP contribution in [0.15, 0.2) is 53.3 Å². The number of hydrogen-bond donors (Lipinski definition) is 1. The van der Waals surface area contributed by atoms with E-state index < -0.39 is 17.8 Å². The second-order valence-corrected chi connectivity index (χ2v) is 7.43. The third kappa shape index (κ3) is 4.58. The van der Waals surface area contributed by atoms with Gasteiger partial charge in [0.25, 0.3) is 0 Å². The number of halogens is 1. The molecule has 0 saturated heterocycles. The smallest absolute Gasteiger partial charge is 0.349 e. The van der Waals surface area contributed by atoms with Crippen LogP contribution in [0, 0.1) is 11.7 Å². The lowest BCUT2D eigenvalue weighted by molar-refractivity contribution is -0.137. The Hall–Kier alpha value is -3.68. The topological polar surface area (TPSA) is 98.9 Å². The van der Waals surface area contributed by atoms with Crippen molar-refractivity contribution in [1.29, 1.82) is 0 Å². The van der Waals surface area contributed by atoms with E-state index in [-0.39, 0.29) is 34.9 Å². The molecular formula is C23H20FNO6. The molecule has 0 radical (unpaired) electrons. The minimum Gasteiger partial charge on any atom is -0.497 e. The van der Waals surface area contributed by atoms with Crippen molar-refractivity contribution in [3.8, 4) is 22.8 Å². The van der Waals surface area contributed by atoms with Crippen molar-refractivity contribution in [2.75, 3.05) is 7.11 Å². The van der Waals surface area contributed by atoms with Gasteiger partial charge in [-0.3, -0.25) is 4.79 Å². The quantitative estimate of drug-likeness (QED) is 0.413. The summed E-state index contributed by atoms with van der Waals surface area (Å²) >= 11 is 0. The molecule has 160 valence electrons. The number of hydrogen-bond acceptors (Lipinski definition) is 6. The van der Waals surface area contributed by atoms with Crippen molar-refractivity contribution in [1.82, 2.24) is 5.16 Å². The van der Waals surface area contributed by atoms with Crippen molar-refractivity contribution in [3.05, 3.63) is 65.7 Å². The van der Waals surface area contributed by atoms with Crippen LogP contribution in [0.1, 0.15) is 41.1 Å². The maximum atomic E-state index is 14.3. The first-order chi connectivity index (χ1) is 15.0. The number of carboxylic acids is 1. The number of methoxy groups -OCH3 is 1. The van der Waals surface area contributed by atoms with E-state index in [0.29, 0.717) is 11.7 Å². The Morgan fingerprint density at radius 2 is 2.03 bits per heavy atom. The number of ether oxygens (including phenoxy) is 2. The Bertz CT molecular complexity index is 1120.